The van der Waals surface area contributed by atoms with Crippen LogP contribution in [0, 0.1) is 0 Å². The fraction of sp³-hybridized carbons (Fsp3) is 0.667. The third-order valence-corrected chi connectivity index (χ3v) is 3.87. The molecule has 0 spiro atoms. The van der Waals surface area contributed by atoms with Crippen LogP contribution < -0.4 is 4.74 Å². The zero-order valence-corrected chi connectivity index (χ0v) is 13.6. The molecule has 1 aromatic rings. The summed E-state index contributed by atoms with van der Waals surface area (Å²) in [5, 5.41) is 29.6. The lowest BCUT2D eigenvalue weighted by molar-refractivity contribution is -0.218. The highest BCUT2D eigenvalue weighted by molar-refractivity contribution is 5.21. The normalized spacial score (nSPS) is 15.3. The van der Waals surface area contributed by atoms with Crippen LogP contribution >= 0.6 is 0 Å². The maximum Gasteiger partial charge on any atom is 0.236 e. The summed E-state index contributed by atoms with van der Waals surface area (Å²) in [6.45, 7) is 1.66. The first-order chi connectivity index (χ1) is 10.6. The van der Waals surface area contributed by atoms with Gasteiger partial charge < -0.3 is 20.1 Å². The molecule has 4 heteroatoms. The van der Waals surface area contributed by atoms with E-state index in [9.17, 15) is 10.2 Å². The summed E-state index contributed by atoms with van der Waals surface area (Å²) >= 11 is 0. The second kappa shape index (κ2) is 10.6. The maximum absolute atomic E-state index is 10.5. The number of hydrogen-bond donors (Lipinski definition) is 3. The van der Waals surface area contributed by atoms with Crippen molar-refractivity contribution in [2.45, 2.75) is 70.2 Å². The number of benzene rings is 1. The van der Waals surface area contributed by atoms with E-state index in [2.05, 4.69) is 6.92 Å². The number of ether oxygens (including phenoxy) is 1. The van der Waals surface area contributed by atoms with Crippen LogP contribution in [0.4, 0.5) is 0 Å². The molecule has 3 N–H and O–H groups in total. The first-order valence-electron chi connectivity index (χ1n) is 8.37. The smallest absolute Gasteiger partial charge is 0.236 e. The highest BCUT2D eigenvalue weighted by Gasteiger charge is 2.37. The standard InChI is InChI=1S/C18H30O4/c1-2-3-4-5-6-7-11-14-18(21,17(20)15-19)22-16-12-9-8-10-13-16/h8-10,12-13,17,19-21H,2-7,11,14-15H2,1H3. The lowest BCUT2D eigenvalue weighted by atomic mass is 10.0. The summed E-state index contributed by atoms with van der Waals surface area (Å²) in [5.41, 5.74) is 0. The Balaban J connectivity index is 2.43. The lowest BCUT2D eigenvalue weighted by Crippen LogP contribution is -2.49. The summed E-state index contributed by atoms with van der Waals surface area (Å²) in [6.07, 6.45) is 6.81. The molecule has 0 aliphatic carbocycles. The molecular weight excluding hydrogens is 280 g/mol. The van der Waals surface area contributed by atoms with E-state index < -0.39 is 18.5 Å². The quantitative estimate of drug-likeness (QED) is 0.409. The van der Waals surface area contributed by atoms with Gasteiger partial charge in [0.1, 0.15) is 11.9 Å². The fourth-order valence-electron chi connectivity index (χ4n) is 2.46. The molecule has 0 aliphatic rings. The van der Waals surface area contributed by atoms with Gasteiger partial charge in [0.15, 0.2) is 0 Å². The maximum atomic E-state index is 10.5. The molecule has 0 bridgehead atoms. The van der Waals surface area contributed by atoms with Crippen LogP contribution in [0.3, 0.4) is 0 Å². The van der Waals surface area contributed by atoms with E-state index >= 15 is 0 Å². The van der Waals surface area contributed by atoms with Crippen molar-refractivity contribution in [1.29, 1.82) is 0 Å². The topological polar surface area (TPSA) is 69.9 Å². The molecule has 0 fully saturated rings. The molecule has 2 unspecified atom stereocenters. The number of unbranched alkanes of at least 4 members (excludes halogenated alkanes) is 6. The molecule has 0 saturated heterocycles. The second-order valence-corrected chi connectivity index (χ2v) is 5.83. The van der Waals surface area contributed by atoms with Crippen LogP contribution in [-0.2, 0) is 0 Å². The van der Waals surface area contributed by atoms with E-state index in [0.717, 1.165) is 19.3 Å². The van der Waals surface area contributed by atoms with Crippen LogP contribution in [-0.4, -0.2) is 33.8 Å². The Morgan fingerprint density at radius 2 is 1.59 bits per heavy atom. The third-order valence-electron chi connectivity index (χ3n) is 3.87. The largest absolute Gasteiger partial charge is 0.460 e. The van der Waals surface area contributed by atoms with Gasteiger partial charge in [0.2, 0.25) is 5.79 Å². The first-order valence-corrected chi connectivity index (χ1v) is 8.37. The van der Waals surface area contributed by atoms with Gasteiger partial charge in [-0.15, -0.1) is 0 Å². The highest BCUT2D eigenvalue weighted by Crippen LogP contribution is 2.25. The molecule has 126 valence electrons. The zero-order valence-electron chi connectivity index (χ0n) is 13.6. The van der Waals surface area contributed by atoms with Crippen LogP contribution in [0.1, 0.15) is 58.3 Å². The van der Waals surface area contributed by atoms with Gasteiger partial charge in [-0.1, -0.05) is 63.6 Å². The summed E-state index contributed by atoms with van der Waals surface area (Å²) < 4.78 is 5.55. The Morgan fingerprint density at radius 1 is 1.00 bits per heavy atom. The predicted molar refractivity (Wildman–Crippen MR) is 87.7 cm³/mol. The van der Waals surface area contributed by atoms with Gasteiger partial charge in [0.05, 0.1) is 6.61 Å². The van der Waals surface area contributed by atoms with Crippen molar-refractivity contribution in [3.8, 4) is 5.75 Å². The Bertz CT molecular complexity index is 382. The van der Waals surface area contributed by atoms with Gasteiger partial charge in [-0.3, -0.25) is 0 Å². The van der Waals surface area contributed by atoms with Crippen molar-refractivity contribution >= 4 is 0 Å². The van der Waals surface area contributed by atoms with Crippen molar-refractivity contribution in [3.63, 3.8) is 0 Å². The van der Waals surface area contributed by atoms with Gasteiger partial charge in [0.25, 0.3) is 0 Å². The SMILES string of the molecule is CCCCCCCCCC(O)(Oc1ccccc1)C(O)CO. The van der Waals surface area contributed by atoms with Crippen molar-refractivity contribution in [1.82, 2.24) is 0 Å². The van der Waals surface area contributed by atoms with E-state index in [1.807, 2.05) is 6.07 Å². The van der Waals surface area contributed by atoms with Crippen LogP contribution in [0.5, 0.6) is 5.75 Å². The summed E-state index contributed by atoms with van der Waals surface area (Å²) in [6, 6.07) is 8.90. The highest BCUT2D eigenvalue weighted by atomic mass is 16.6. The first kappa shape index (κ1) is 18.9. The Kier molecular flexibility index (Phi) is 9.13. The van der Waals surface area contributed by atoms with Crippen molar-refractivity contribution < 1.29 is 20.1 Å². The Hall–Kier alpha value is -1.10. The van der Waals surface area contributed by atoms with Crippen molar-refractivity contribution in [2.75, 3.05) is 6.61 Å². The van der Waals surface area contributed by atoms with Gasteiger partial charge in [0, 0.05) is 6.42 Å². The Labute approximate surface area is 133 Å². The molecule has 4 nitrogen and oxygen atoms in total. The molecule has 0 radical (unpaired) electrons. The fourth-order valence-corrected chi connectivity index (χ4v) is 2.46. The van der Waals surface area contributed by atoms with E-state index in [1.165, 1.54) is 25.7 Å². The van der Waals surface area contributed by atoms with Crippen molar-refractivity contribution in [3.05, 3.63) is 30.3 Å². The number of para-hydroxylation sites is 1. The molecule has 0 aliphatic heterocycles. The van der Waals surface area contributed by atoms with E-state index in [0.29, 0.717) is 12.2 Å². The van der Waals surface area contributed by atoms with E-state index in [4.69, 9.17) is 9.84 Å². The molecule has 0 heterocycles. The molecule has 0 saturated carbocycles. The van der Waals surface area contributed by atoms with Gasteiger partial charge in [-0.05, 0) is 18.6 Å². The van der Waals surface area contributed by atoms with Crippen LogP contribution in [0.25, 0.3) is 0 Å². The molecular formula is C18H30O4. The third kappa shape index (κ3) is 6.77. The number of aliphatic hydroxyl groups is 3. The summed E-state index contributed by atoms with van der Waals surface area (Å²) in [5.74, 6) is -1.25. The molecule has 2 atom stereocenters. The van der Waals surface area contributed by atoms with Crippen LogP contribution in [0.2, 0.25) is 0 Å². The molecule has 1 aromatic carbocycles. The number of rotatable bonds is 12. The molecule has 0 aromatic heterocycles. The number of hydrogen-bond acceptors (Lipinski definition) is 4. The minimum absolute atomic E-state index is 0.303. The van der Waals surface area contributed by atoms with Gasteiger partial charge in [-0.2, -0.15) is 0 Å². The van der Waals surface area contributed by atoms with Crippen molar-refractivity contribution in [2.24, 2.45) is 0 Å². The average molecular weight is 310 g/mol. The second-order valence-electron chi connectivity index (χ2n) is 5.83. The summed E-state index contributed by atoms with van der Waals surface area (Å²) in [4.78, 5) is 0. The lowest BCUT2D eigenvalue weighted by Gasteiger charge is -2.32. The van der Waals surface area contributed by atoms with Crippen LogP contribution in [0.15, 0.2) is 30.3 Å². The summed E-state index contributed by atoms with van der Waals surface area (Å²) in [7, 11) is 0. The zero-order chi connectivity index (χ0) is 16.3. The Morgan fingerprint density at radius 3 is 2.18 bits per heavy atom. The average Bonchev–Trinajstić information content (AvgIpc) is 2.54. The minimum Gasteiger partial charge on any atom is -0.460 e. The predicted octanol–water partition coefficient (Wildman–Crippen LogP) is 3.25. The van der Waals surface area contributed by atoms with Gasteiger partial charge in [-0.25, -0.2) is 0 Å². The molecule has 22 heavy (non-hydrogen) atoms. The minimum atomic E-state index is -1.74. The van der Waals surface area contributed by atoms with E-state index in [-0.39, 0.29) is 0 Å². The van der Waals surface area contributed by atoms with E-state index in [1.54, 1.807) is 24.3 Å². The number of aliphatic hydroxyl groups excluding tert-OH is 2. The molecule has 1 rings (SSSR count). The van der Waals surface area contributed by atoms with Gasteiger partial charge >= 0.3 is 0 Å². The molecule has 0 amide bonds. The monoisotopic (exact) mass is 310 g/mol.